The summed E-state index contributed by atoms with van der Waals surface area (Å²) in [5.41, 5.74) is 0.865. The highest BCUT2D eigenvalue weighted by Gasteiger charge is 2.09. The van der Waals surface area contributed by atoms with Crippen molar-refractivity contribution in [1.29, 1.82) is 0 Å². The lowest BCUT2D eigenvalue weighted by Gasteiger charge is -2.16. The van der Waals surface area contributed by atoms with Gasteiger partial charge in [-0.05, 0) is 23.6 Å². The lowest BCUT2D eigenvalue weighted by Crippen LogP contribution is -2.22. The molecule has 0 aliphatic heterocycles. The van der Waals surface area contributed by atoms with Crippen LogP contribution in [-0.4, -0.2) is 24.7 Å². The molecule has 1 aromatic rings. The van der Waals surface area contributed by atoms with Crippen LogP contribution in [0.4, 0.5) is 0 Å². The van der Waals surface area contributed by atoms with Crippen molar-refractivity contribution in [3.8, 4) is 5.75 Å². The van der Waals surface area contributed by atoms with Crippen LogP contribution in [0.1, 0.15) is 38.3 Å². The Hall–Kier alpha value is -1.55. The summed E-state index contributed by atoms with van der Waals surface area (Å²) in [6, 6.07) is 7.10. The molecule has 4 nitrogen and oxygen atoms in total. The maximum atomic E-state index is 10.4. The Labute approximate surface area is 114 Å². The molecule has 0 aromatic heterocycles. The highest BCUT2D eigenvalue weighted by molar-refractivity contribution is 5.48. The second-order valence-electron chi connectivity index (χ2n) is 4.58. The van der Waals surface area contributed by atoms with Crippen LogP contribution in [0.3, 0.4) is 0 Å². The van der Waals surface area contributed by atoms with Crippen LogP contribution in [0, 0.1) is 5.92 Å². The van der Waals surface area contributed by atoms with Gasteiger partial charge in [-0.1, -0.05) is 38.8 Å². The molecule has 0 heterocycles. The van der Waals surface area contributed by atoms with E-state index in [-0.39, 0.29) is 12.6 Å². The molecular formula is C15H23NO3. The summed E-state index contributed by atoms with van der Waals surface area (Å²) in [5.74, 6) is 1.40. The quantitative estimate of drug-likeness (QED) is 0.673. The van der Waals surface area contributed by atoms with Gasteiger partial charge in [-0.2, -0.15) is 0 Å². The molecule has 4 heteroatoms. The van der Waals surface area contributed by atoms with Crippen molar-refractivity contribution >= 4 is 6.41 Å². The molecule has 0 spiro atoms. The van der Waals surface area contributed by atoms with Gasteiger partial charge in [0.05, 0.1) is 19.3 Å². The maximum absolute atomic E-state index is 10.4. The molecule has 0 fully saturated rings. The van der Waals surface area contributed by atoms with Crippen molar-refractivity contribution in [1.82, 2.24) is 5.32 Å². The van der Waals surface area contributed by atoms with Gasteiger partial charge in [-0.25, -0.2) is 0 Å². The number of aliphatic hydroxyl groups excluding tert-OH is 1. The van der Waals surface area contributed by atoms with Crippen molar-refractivity contribution in [2.45, 2.75) is 32.7 Å². The van der Waals surface area contributed by atoms with E-state index in [1.807, 2.05) is 24.3 Å². The molecular weight excluding hydrogens is 242 g/mol. The molecule has 2 N–H and O–H groups in total. The zero-order valence-electron chi connectivity index (χ0n) is 11.6. The predicted octanol–water partition coefficient (Wildman–Crippen LogP) is 2.28. The predicted molar refractivity (Wildman–Crippen MR) is 75.0 cm³/mol. The van der Waals surface area contributed by atoms with Gasteiger partial charge in [0, 0.05) is 0 Å². The monoisotopic (exact) mass is 265 g/mol. The molecule has 1 aromatic carbocycles. The number of carbonyl (C=O) groups is 1. The van der Waals surface area contributed by atoms with Gasteiger partial charge < -0.3 is 15.2 Å². The summed E-state index contributed by atoms with van der Waals surface area (Å²) in [6.07, 6.45) is 2.83. The third-order valence-corrected chi connectivity index (χ3v) is 3.37. The highest BCUT2D eigenvalue weighted by atomic mass is 16.5. The van der Waals surface area contributed by atoms with Crippen LogP contribution < -0.4 is 10.1 Å². The van der Waals surface area contributed by atoms with E-state index in [1.54, 1.807) is 0 Å². The minimum atomic E-state index is -0.356. The number of ether oxygens (including phenoxy) is 1. The number of hydrogen-bond donors (Lipinski definition) is 2. The van der Waals surface area contributed by atoms with Crippen LogP contribution in [0.25, 0.3) is 0 Å². The molecule has 1 amide bonds. The van der Waals surface area contributed by atoms with E-state index >= 15 is 0 Å². The first-order valence-corrected chi connectivity index (χ1v) is 6.78. The van der Waals surface area contributed by atoms with Gasteiger partial charge in [-0.3, -0.25) is 4.79 Å². The molecule has 1 rings (SSSR count). The Morgan fingerprint density at radius 2 is 1.89 bits per heavy atom. The third-order valence-electron chi connectivity index (χ3n) is 3.37. The van der Waals surface area contributed by atoms with Crippen molar-refractivity contribution < 1.29 is 14.6 Å². The van der Waals surface area contributed by atoms with Gasteiger partial charge in [0.2, 0.25) is 6.41 Å². The largest absolute Gasteiger partial charge is 0.493 e. The summed E-state index contributed by atoms with van der Waals surface area (Å²) in [5, 5.41) is 11.7. The average molecular weight is 265 g/mol. The van der Waals surface area contributed by atoms with Gasteiger partial charge in [-0.15, -0.1) is 0 Å². The molecule has 106 valence electrons. The summed E-state index contributed by atoms with van der Waals surface area (Å²) in [6.45, 7) is 4.93. The van der Waals surface area contributed by atoms with E-state index in [9.17, 15) is 4.79 Å². The smallest absolute Gasteiger partial charge is 0.207 e. The first-order chi connectivity index (χ1) is 9.24. The van der Waals surface area contributed by atoms with E-state index < -0.39 is 0 Å². The van der Waals surface area contributed by atoms with Gasteiger partial charge in [0.15, 0.2) is 0 Å². The normalized spacial score (nSPS) is 12.2. The van der Waals surface area contributed by atoms with Crippen molar-refractivity contribution in [2.75, 3.05) is 13.2 Å². The molecule has 0 radical (unpaired) electrons. The second kappa shape index (κ2) is 8.53. The molecule has 0 unspecified atom stereocenters. The standard InChI is InChI=1S/C15H23NO3/c1-3-12(4-2)10-19-14-7-5-13(6-8-14)15(9-17)16-11-18/h5-8,11-12,15,17H,3-4,9-10H2,1-2H3,(H,16,18)/t15-/m0/s1. The van der Waals surface area contributed by atoms with E-state index in [1.165, 1.54) is 0 Å². The van der Waals surface area contributed by atoms with Gasteiger partial charge in [0.25, 0.3) is 0 Å². The van der Waals surface area contributed by atoms with Crippen LogP contribution in [0.5, 0.6) is 5.75 Å². The SMILES string of the molecule is CCC(CC)COc1ccc([C@H](CO)NC=O)cc1. The highest BCUT2D eigenvalue weighted by Crippen LogP contribution is 2.19. The number of rotatable bonds is 9. The van der Waals surface area contributed by atoms with Gasteiger partial charge >= 0.3 is 0 Å². The lowest BCUT2D eigenvalue weighted by molar-refractivity contribution is -0.110. The lowest BCUT2D eigenvalue weighted by atomic mass is 10.1. The fourth-order valence-electron chi connectivity index (χ4n) is 1.87. The Kier molecular flexibility index (Phi) is 6.97. The van der Waals surface area contributed by atoms with Gasteiger partial charge in [0.1, 0.15) is 5.75 Å². The molecule has 0 aliphatic carbocycles. The van der Waals surface area contributed by atoms with Crippen LogP contribution in [0.2, 0.25) is 0 Å². The van der Waals surface area contributed by atoms with E-state index in [0.717, 1.165) is 30.8 Å². The first-order valence-electron chi connectivity index (χ1n) is 6.78. The fraction of sp³-hybridized carbons (Fsp3) is 0.533. The zero-order chi connectivity index (χ0) is 14.1. The molecule has 1 atom stereocenters. The Bertz CT molecular complexity index is 360. The van der Waals surface area contributed by atoms with Crippen molar-refractivity contribution in [3.63, 3.8) is 0 Å². The van der Waals surface area contributed by atoms with Crippen LogP contribution >= 0.6 is 0 Å². The van der Waals surface area contributed by atoms with Crippen LogP contribution in [0.15, 0.2) is 24.3 Å². The molecule has 0 saturated heterocycles. The summed E-state index contributed by atoms with van der Waals surface area (Å²) in [7, 11) is 0. The maximum Gasteiger partial charge on any atom is 0.207 e. The average Bonchev–Trinajstić information content (AvgIpc) is 2.46. The zero-order valence-corrected chi connectivity index (χ0v) is 11.6. The Morgan fingerprint density at radius 1 is 1.26 bits per heavy atom. The summed E-state index contributed by atoms with van der Waals surface area (Å²) in [4.78, 5) is 10.4. The molecule has 0 saturated carbocycles. The number of aliphatic hydroxyl groups is 1. The first kappa shape index (κ1) is 15.5. The minimum Gasteiger partial charge on any atom is -0.493 e. The molecule has 19 heavy (non-hydrogen) atoms. The number of amides is 1. The van der Waals surface area contributed by atoms with Crippen LogP contribution in [-0.2, 0) is 4.79 Å². The minimum absolute atomic E-state index is 0.118. The Balaban J connectivity index is 2.57. The van der Waals surface area contributed by atoms with Crippen molar-refractivity contribution in [3.05, 3.63) is 29.8 Å². The summed E-state index contributed by atoms with van der Waals surface area (Å²) >= 11 is 0. The molecule has 0 bridgehead atoms. The molecule has 0 aliphatic rings. The van der Waals surface area contributed by atoms with E-state index in [4.69, 9.17) is 9.84 Å². The Morgan fingerprint density at radius 3 is 2.37 bits per heavy atom. The summed E-state index contributed by atoms with van der Waals surface area (Å²) < 4.78 is 5.73. The van der Waals surface area contributed by atoms with Crippen molar-refractivity contribution in [2.24, 2.45) is 5.92 Å². The third kappa shape index (κ3) is 4.91. The number of hydrogen-bond acceptors (Lipinski definition) is 3. The number of nitrogens with one attached hydrogen (secondary N) is 1. The number of benzene rings is 1. The van der Waals surface area contributed by atoms with E-state index in [2.05, 4.69) is 19.2 Å². The fourth-order valence-corrected chi connectivity index (χ4v) is 1.87. The number of carbonyl (C=O) groups excluding carboxylic acids is 1. The van der Waals surface area contributed by atoms with E-state index in [0.29, 0.717) is 12.3 Å². The topological polar surface area (TPSA) is 58.6 Å². The second-order valence-corrected chi connectivity index (χ2v) is 4.58.